The van der Waals surface area contributed by atoms with Crippen LogP contribution in [0.15, 0.2) is 23.1 Å². The molecule has 1 nitrogen and oxygen atoms in total. The number of halogens is 1. The van der Waals surface area contributed by atoms with Gasteiger partial charge in [0, 0.05) is 4.90 Å². The Labute approximate surface area is 86.9 Å². The van der Waals surface area contributed by atoms with Gasteiger partial charge in [0.05, 0.1) is 6.07 Å². The first-order valence-electron chi connectivity index (χ1n) is 4.52. The molecule has 1 aromatic carbocycles. The van der Waals surface area contributed by atoms with Crippen LogP contribution in [-0.2, 0) is 0 Å². The summed E-state index contributed by atoms with van der Waals surface area (Å²) in [5.41, 5.74) is 0.642. The number of nitriles is 1. The lowest BCUT2D eigenvalue weighted by Crippen LogP contribution is -1.96. The second-order valence-electron chi connectivity index (χ2n) is 3.62. The van der Waals surface area contributed by atoms with Crippen molar-refractivity contribution >= 4 is 11.8 Å². The molecule has 1 aromatic rings. The summed E-state index contributed by atoms with van der Waals surface area (Å²) in [6.45, 7) is 1.74. The average Bonchev–Trinajstić information content (AvgIpc) is 2.93. The van der Waals surface area contributed by atoms with Crippen molar-refractivity contribution < 1.29 is 4.39 Å². The van der Waals surface area contributed by atoms with Crippen LogP contribution in [0.3, 0.4) is 0 Å². The molecule has 0 radical (unpaired) electrons. The molecule has 0 saturated heterocycles. The standard InChI is InChI=1S/C11H10FNS/c1-8-6-9(2-3-10(8)12)14-11(7-13)4-5-11/h2-3,6H,4-5H2,1H3. The molecule has 0 aliphatic heterocycles. The van der Waals surface area contributed by atoms with Gasteiger partial charge in [-0.15, -0.1) is 11.8 Å². The first kappa shape index (κ1) is 9.54. The molecule has 1 saturated carbocycles. The zero-order valence-corrected chi connectivity index (χ0v) is 8.70. The van der Waals surface area contributed by atoms with E-state index in [9.17, 15) is 4.39 Å². The Morgan fingerprint density at radius 3 is 2.71 bits per heavy atom. The van der Waals surface area contributed by atoms with Gasteiger partial charge in [-0.1, -0.05) is 0 Å². The highest BCUT2D eigenvalue weighted by Crippen LogP contribution is 2.51. The average molecular weight is 207 g/mol. The molecule has 0 spiro atoms. The summed E-state index contributed by atoms with van der Waals surface area (Å²) in [4.78, 5) is 0.989. The summed E-state index contributed by atoms with van der Waals surface area (Å²) >= 11 is 1.55. The third kappa shape index (κ3) is 1.76. The molecular weight excluding hydrogens is 197 g/mol. The highest BCUT2D eigenvalue weighted by molar-refractivity contribution is 8.01. The Kier molecular flexibility index (Phi) is 2.24. The van der Waals surface area contributed by atoms with E-state index in [0.29, 0.717) is 5.56 Å². The first-order chi connectivity index (χ1) is 6.65. The molecule has 1 aliphatic rings. The lowest BCUT2D eigenvalue weighted by molar-refractivity contribution is 0.617. The Balaban J connectivity index is 2.19. The van der Waals surface area contributed by atoms with Crippen molar-refractivity contribution in [3.63, 3.8) is 0 Å². The second kappa shape index (κ2) is 3.29. The molecular formula is C11H10FNS. The van der Waals surface area contributed by atoms with Gasteiger partial charge in [0.25, 0.3) is 0 Å². The van der Waals surface area contributed by atoms with Gasteiger partial charge in [-0.25, -0.2) is 4.39 Å². The predicted molar refractivity (Wildman–Crippen MR) is 54.6 cm³/mol. The van der Waals surface area contributed by atoms with Crippen molar-refractivity contribution in [1.29, 1.82) is 5.26 Å². The van der Waals surface area contributed by atoms with Gasteiger partial charge in [0.2, 0.25) is 0 Å². The van der Waals surface area contributed by atoms with E-state index >= 15 is 0 Å². The smallest absolute Gasteiger partial charge is 0.126 e. The Morgan fingerprint density at radius 1 is 1.50 bits per heavy atom. The van der Waals surface area contributed by atoms with E-state index < -0.39 is 0 Å². The Morgan fingerprint density at radius 2 is 2.21 bits per heavy atom. The minimum atomic E-state index is -0.218. The minimum Gasteiger partial charge on any atom is -0.207 e. The summed E-state index contributed by atoms with van der Waals surface area (Å²) in [5, 5.41) is 8.90. The van der Waals surface area contributed by atoms with Crippen molar-refractivity contribution in [3.05, 3.63) is 29.6 Å². The summed E-state index contributed by atoms with van der Waals surface area (Å²) in [7, 11) is 0. The molecule has 0 N–H and O–H groups in total. The fourth-order valence-electron chi connectivity index (χ4n) is 1.26. The highest BCUT2D eigenvalue weighted by atomic mass is 32.2. The zero-order valence-electron chi connectivity index (χ0n) is 7.88. The van der Waals surface area contributed by atoms with Crippen LogP contribution in [0.5, 0.6) is 0 Å². The van der Waals surface area contributed by atoms with Gasteiger partial charge < -0.3 is 0 Å². The van der Waals surface area contributed by atoms with Crippen LogP contribution in [0, 0.1) is 24.1 Å². The molecule has 0 bridgehead atoms. The van der Waals surface area contributed by atoms with E-state index in [1.54, 1.807) is 30.8 Å². The minimum absolute atomic E-state index is 0.184. The highest BCUT2D eigenvalue weighted by Gasteiger charge is 2.44. The van der Waals surface area contributed by atoms with Crippen LogP contribution >= 0.6 is 11.8 Å². The lowest BCUT2D eigenvalue weighted by Gasteiger charge is -2.06. The fraction of sp³-hybridized carbons (Fsp3) is 0.364. The number of thioether (sulfide) groups is 1. The van der Waals surface area contributed by atoms with E-state index in [1.807, 2.05) is 0 Å². The van der Waals surface area contributed by atoms with Crippen molar-refractivity contribution in [2.45, 2.75) is 29.4 Å². The van der Waals surface area contributed by atoms with E-state index in [2.05, 4.69) is 6.07 Å². The van der Waals surface area contributed by atoms with Crippen LogP contribution in [0.4, 0.5) is 4.39 Å². The van der Waals surface area contributed by atoms with Crippen LogP contribution in [0.25, 0.3) is 0 Å². The molecule has 0 atom stereocenters. The monoisotopic (exact) mass is 207 g/mol. The van der Waals surface area contributed by atoms with Crippen LogP contribution in [-0.4, -0.2) is 4.75 Å². The van der Waals surface area contributed by atoms with E-state index in [1.165, 1.54) is 6.07 Å². The van der Waals surface area contributed by atoms with Crippen LogP contribution in [0.1, 0.15) is 18.4 Å². The van der Waals surface area contributed by atoms with E-state index in [0.717, 1.165) is 17.7 Å². The zero-order chi connectivity index (χ0) is 10.2. The van der Waals surface area contributed by atoms with Crippen LogP contribution < -0.4 is 0 Å². The Bertz CT molecular complexity index is 404. The summed E-state index contributed by atoms with van der Waals surface area (Å²) in [6, 6.07) is 7.31. The molecule has 14 heavy (non-hydrogen) atoms. The van der Waals surface area contributed by atoms with Crippen LogP contribution in [0.2, 0.25) is 0 Å². The van der Waals surface area contributed by atoms with Gasteiger partial charge in [0.15, 0.2) is 0 Å². The third-order valence-electron chi connectivity index (χ3n) is 2.35. The first-order valence-corrected chi connectivity index (χ1v) is 5.33. The number of nitrogens with zero attached hydrogens (tertiary/aromatic N) is 1. The lowest BCUT2D eigenvalue weighted by atomic mass is 10.2. The van der Waals surface area contributed by atoms with Crippen molar-refractivity contribution in [1.82, 2.24) is 0 Å². The van der Waals surface area contributed by atoms with Gasteiger partial charge in [-0.3, -0.25) is 0 Å². The number of hydrogen-bond donors (Lipinski definition) is 0. The molecule has 1 aliphatic carbocycles. The summed E-state index contributed by atoms with van der Waals surface area (Å²) < 4.78 is 12.7. The Hall–Kier alpha value is -1.01. The molecule has 0 amide bonds. The fourth-order valence-corrected chi connectivity index (χ4v) is 2.43. The number of benzene rings is 1. The molecule has 0 aromatic heterocycles. The van der Waals surface area contributed by atoms with Gasteiger partial charge in [-0.05, 0) is 43.5 Å². The van der Waals surface area contributed by atoms with Crippen molar-refractivity contribution in [2.75, 3.05) is 0 Å². The van der Waals surface area contributed by atoms with Gasteiger partial charge >= 0.3 is 0 Å². The maximum Gasteiger partial charge on any atom is 0.126 e. The van der Waals surface area contributed by atoms with Crippen molar-refractivity contribution in [2.24, 2.45) is 0 Å². The maximum atomic E-state index is 13.0. The van der Waals surface area contributed by atoms with Gasteiger partial charge in [-0.2, -0.15) is 5.26 Å². The summed E-state index contributed by atoms with van der Waals surface area (Å²) in [5.74, 6) is -0.184. The predicted octanol–water partition coefficient (Wildman–Crippen LogP) is 3.28. The molecule has 0 unspecified atom stereocenters. The number of rotatable bonds is 2. The topological polar surface area (TPSA) is 23.8 Å². The maximum absolute atomic E-state index is 13.0. The number of hydrogen-bond acceptors (Lipinski definition) is 2. The molecule has 2 rings (SSSR count). The molecule has 0 heterocycles. The molecule has 1 fully saturated rings. The van der Waals surface area contributed by atoms with Gasteiger partial charge in [0.1, 0.15) is 10.6 Å². The van der Waals surface area contributed by atoms with Crippen molar-refractivity contribution in [3.8, 4) is 6.07 Å². The van der Waals surface area contributed by atoms with E-state index in [-0.39, 0.29) is 10.6 Å². The molecule has 72 valence electrons. The second-order valence-corrected chi connectivity index (χ2v) is 5.08. The number of aryl methyl sites for hydroxylation is 1. The van der Waals surface area contributed by atoms with E-state index in [4.69, 9.17) is 5.26 Å². The normalized spacial score (nSPS) is 17.5. The largest absolute Gasteiger partial charge is 0.207 e. The quantitative estimate of drug-likeness (QED) is 0.743. The molecule has 3 heteroatoms. The third-order valence-corrected chi connectivity index (χ3v) is 3.73. The SMILES string of the molecule is Cc1cc(SC2(C#N)CC2)ccc1F. The summed E-state index contributed by atoms with van der Waals surface area (Å²) in [6.07, 6.45) is 1.90.